The Hall–Kier alpha value is -2.43. The van der Waals surface area contributed by atoms with Crippen LogP contribution in [-0.4, -0.2) is 79.2 Å². The monoisotopic (exact) mass is 495 g/mol. The molecule has 2 aromatic rings. The zero-order valence-electron chi connectivity index (χ0n) is 16.4. The Balaban J connectivity index is 1.58. The molecule has 1 aliphatic heterocycles. The van der Waals surface area contributed by atoms with Crippen LogP contribution in [0, 0.1) is 0 Å². The molecule has 2 aromatic carbocycles. The van der Waals surface area contributed by atoms with Crippen LogP contribution in [0.15, 0.2) is 57.9 Å². The number of phenolic OH excluding ortho intramolecular Hbond substituents is 1. The first-order chi connectivity index (χ1) is 14.2. The number of benzene rings is 2. The molecule has 3 rings (SSSR count). The molecule has 30 heavy (non-hydrogen) atoms. The maximum atomic E-state index is 12.7. The molecule has 0 atom stereocenters. The van der Waals surface area contributed by atoms with E-state index in [0.717, 1.165) is 8.78 Å². The van der Waals surface area contributed by atoms with E-state index in [0.29, 0.717) is 26.2 Å². The molecular weight excluding hydrogens is 474 g/mol. The fourth-order valence-electron chi connectivity index (χ4n) is 3.15. The highest BCUT2D eigenvalue weighted by molar-refractivity contribution is 9.10. The van der Waals surface area contributed by atoms with Crippen molar-refractivity contribution in [2.45, 2.75) is 4.90 Å². The van der Waals surface area contributed by atoms with Crippen LogP contribution < -0.4 is 0 Å². The lowest BCUT2D eigenvalue weighted by Crippen LogP contribution is -2.52. The van der Waals surface area contributed by atoms with Gasteiger partial charge in [-0.25, -0.2) is 8.42 Å². The van der Waals surface area contributed by atoms with Crippen molar-refractivity contribution in [2.75, 3.05) is 39.8 Å². The fraction of sp³-hybridized carbons (Fsp3) is 0.300. The van der Waals surface area contributed by atoms with Gasteiger partial charge in [0.1, 0.15) is 5.75 Å². The van der Waals surface area contributed by atoms with Crippen molar-refractivity contribution in [3.8, 4) is 5.75 Å². The van der Waals surface area contributed by atoms with E-state index in [4.69, 9.17) is 0 Å². The lowest BCUT2D eigenvalue weighted by atomic mass is 10.1. The maximum Gasteiger partial charge on any atom is 0.257 e. The quantitative estimate of drug-likeness (QED) is 0.681. The standard InChI is InChI=1S/C20H22BrN3O5S/c1-22(30(28,29)16-8-6-15(21)7-9-16)14-19(26)23-10-12-24(13-11-23)20(27)17-4-2-3-5-18(17)25/h2-9,25H,10-14H2,1H3. The third-order valence-corrected chi connectivity index (χ3v) is 7.28. The van der Waals surface area contributed by atoms with Gasteiger partial charge in [0.2, 0.25) is 15.9 Å². The summed E-state index contributed by atoms with van der Waals surface area (Å²) in [5.41, 5.74) is 0.220. The molecule has 0 spiro atoms. The number of likely N-dealkylation sites (N-methyl/N-ethyl adjacent to an activating group) is 1. The molecule has 0 unspecified atom stereocenters. The topological polar surface area (TPSA) is 98.2 Å². The summed E-state index contributed by atoms with van der Waals surface area (Å²) < 4.78 is 27.1. The minimum atomic E-state index is -3.78. The Morgan fingerprint density at radius 2 is 1.57 bits per heavy atom. The van der Waals surface area contributed by atoms with Gasteiger partial charge in [-0.15, -0.1) is 0 Å². The summed E-state index contributed by atoms with van der Waals surface area (Å²) in [5, 5.41) is 9.86. The van der Waals surface area contributed by atoms with E-state index in [2.05, 4.69) is 15.9 Å². The van der Waals surface area contributed by atoms with Gasteiger partial charge in [-0.2, -0.15) is 4.31 Å². The number of carbonyl (C=O) groups excluding carboxylic acids is 2. The molecule has 1 fully saturated rings. The molecule has 0 aliphatic carbocycles. The second kappa shape index (κ2) is 9.15. The van der Waals surface area contributed by atoms with Crippen molar-refractivity contribution in [3.63, 3.8) is 0 Å². The second-order valence-corrected chi connectivity index (χ2v) is 9.87. The summed E-state index contributed by atoms with van der Waals surface area (Å²) in [6, 6.07) is 12.5. The summed E-state index contributed by atoms with van der Waals surface area (Å²) in [6.07, 6.45) is 0. The average Bonchev–Trinajstić information content (AvgIpc) is 2.74. The zero-order valence-corrected chi connectivity index (χ0v) is 18.8. The normalized spacial score (nSPS) is 14.8. The molecule has 1 heterocycles. The van der Waals surface area contributed by atoms with Crippen LogP contribution >= 0.6 is 15.9 Å². The van der Waals surface area contributed by atoms with Crippen LogP contribution in [0.3, 0.4) is 0 Å². The van der Waals surface area contributed by atoms with E-state index in [1.54, 1.807) is 40.1 Å². The largest absolute Gasteiger partial charge is 0.507 e. The van der Waals surface area contributed by atoms with Gasteiger partial charge in [0, 0.05) is 37.7 Å². The number of aromatic hydroxyl groups is 1. The van der Waals surface area contributed by atoms with Crippen LogP contribution in [-0.2, 0) is 14.8 Å². The van der Waals surface area contributed by atoms with Gasteiger partial charge in [0.05, 0.1) is 17.0 Å². The minimum Gasteiger partial charge on any atom is -0.507 e. The smallest absolute Gasteiger partial charge is 0.257 e. The van der Waals surface area contributed by atoms with Crippen LogP contribution in [0.4, 0.5) is 0 Å². The summed E-state index contributed by atoms with van der Waals surface area (Å²) in [6.45, 7) is 0.921. The van der Waals surface area contributed by atoms with Gasteiger partial charge in [-0.1, -0.05) is 28.1 Å². The number of carbonyl (C=O) groups is 2. The fourth-order valence-corrected chi connectivity index (χ4v) is 4.53. The van der Waals surface area contributed by atoms with E-state index >= 15 is 0 Å². The predicted molar refractivity (Wildman–Crippen MR) is 115 cm³/mol. The van der Waals surface area contributed by atoms with Crippen molar-refractivity contribution >= 4 is 37.8 Å². The lowest BCUT2D eigenvalue weighted by Gasteiger charge is -2.35. The van der Waals surface area contributed by atoms with Gasteiger partial charge >= 0.3 is 0 Å². The Kier molecular flexibility index (Phi) is 6.79. The van der Waals surface area contributed by atoms with E-state index < -0.39 is 10.0 Å². The van der Waals surface area contributed by atoms with E-state index in [-0.39, 0.29) is 34.6 Å². The number of halogens is 1. The molecule has 2 amide bonds. The average molecular weight is 496 g/mol. The molecule has 0 aromatic heterocycles. The molecule has 160 valence electrons. The van der Waals surface area contributed by atoms with Gasteiger partial charge in [-0.3, -0.25) is 9.59 Å². The first-order valence-electron chi connectivity index (χ1n) is 9.27. The third-order valence-electron chi connectivity index (χ3n) is 4.93. The molecular formula is C20H22BrN3O5S. The number of hydrogen-bond donors (Lipinski definition) is 1. The van der Waals surface area contributed by atoms with Crippen molar-refractivity contribution in [2.24, 2.45) is 0 Å². The molecule has 8 nitrogen and oxygen atoms in total. The van der Waals surface area contributed by atoms with Crippen molar-refractivity contribution in [3.05, 3.63) is 58.6 Å². The SMILES string of the molecule is CN(CC(=O)N1CCN(C(=O)c2ccccc2O)CC1)S(=O)(=O)c1ccc(Br)cc1. The summed E-state index contributed by atoms with van der Waals surface area (Å²) in [4.78, 5) is 28.4. The molecule has 1 aliphatic rings. The first-order valence-corrected chi connectivity index (χ1v) is 11.5. The van der Waals surface area contributed by atoms with Gasteiger partial charge < -0.3 is 14.9 Å². The van der Waals surface area contributed by atoms with Gasteiger partial charge in [-0.05, 0) is 36.4 Å². The first kappa shape index (κ1) is 22.3. The van der Waals surface area contributed by atoms with Crippen LogP contribution in [0.1, 0.15) is 10.4 Å². The molecule has 1 N–H and O–H groups in total. The third kappa shape index (κ3) is 4.82. The lowest BCUT2D eigenvalue weighted by molar-refractivity contribution is -0.132. The number of hydrogen-bond acceptors (Lipinski definition) is 5. The molecule has 0 saturated carbocycles. The Morgan fingerprint density at radius 1 is 1.00 bits per heavy atom. The second-order valence-electron chi connectivity index (χ2n) is 6.91. The molecule has 0 bridgehead atoms. The maximum absolute atomic E-state index is 12.7. The van der Waals surface area contributed by atoms with E-state index in [1.165, 1.54) is 25.2 Å². The number of para-hydroxylation sites is 1. The number of rotatable bonds is 5. The van der Waals surface area contributed by atoms with Crippen LogP contribution in [0.25, 0.3) is 0 Å². The Labute approximate surface area is 183 Å². The highest BCUT2D eigenvalue weighted by Gasteiger charge is 2.29. The van der Waals surface area contributed by atoms with Crippen LogP contribution in [0.2, 0.25) is 0 Å². The van der Waals surface area contributed by atoms with Gasteiger partial charge in [0.25, 0.3) is 5.91 Å². The van der Waals surface area contributed by atoms with Crippen molar-refractivity contribution in [1.82, 2.24) is 14.1 Å². The number of phenols is 1. The minimum absolute atomic E-state index is 0.0826. The molecule has 10 heteroatoms. The van der Waals surface area contributed by atoms with Crippen LogP contribution in [0.5, 0.6) is 5.75 Å². The number of sulfonamides is 1. The number of piperazine rings is 1. The Bertz CT molecular complexity index is 1030. The number of nitrogens with zero attached hydrogens (tertiary/aromatic N) is 3. The molecule has 1 saturated heterocycles. The highest BCUT2D eigenvalue weighted by atomic mass is 79.9. The van der Waals surface area contributed by atoms with E-state index in [1.807, 2.05) is 0 Å². The zero-order chi connectivity index (χ0) is 21.9. The van der Waals surface area contributed by atoms with Crippen molar-refractivity contribution in [1.29, 1.82) is 0 Å². The summed E-state index contributed by atoms with van der Waals surface area (Å²) >= 11 is 3.26. The summed E-state index contributed by atoms with van der Waals surface area (Å²) in [7, 11) is -2.41. The van der Waals surface area contributed by atoms with E-state index in [9.17, 15) is 23.1 Å². The highest BCUT2D eigenvalue weighted by Crippen LogP contribution is 2.20. The summed E-state index contributed by atoms with van der Waals surface area (Å²) in [5.74, 6) is -0.705. The van der Waals surface area contributed by atoms with Gasteiger partial charge in [0.15, 0.2) is 0 Å². The predicted octanol–water partition coefficient (Wildman–Crippen LogP) is 1.76. The van der Waals surface area contributed by atoms with Crippen molar-refractivity contribution < 1.29 is 23.1 Å². The number of amides is 2. The Morgan fingerprint density at radius 3 is 2.17 bits per heavy atom. The molecule has 0 radical (unpaired) electrons.